The van der Waals surface area contributed by atoms with Crippen molar-refractivity contribution in [3.05, 3.63) is 91.8 Å². The maximum atomic E-state index is 8.25. The van der Waals surface area contributed by atoms with Gasteiger partial charge in [-0.1, -0.05) is 24.3 Å². The molecule has 0 amide bonds. The average Bonchev–Trinajstić information content (AvgIpc) is 3.39. The fourth-order valence-electron chi connectivity index (χ4n) is 3.02. The molecule has 182 valence electrons. The number of benzene rings is 2. The summed E-state index contributed by atoms with van der Waals surface area (Å²) < 4.78 is 15.6. The van der Waals surface area contributed by atoms with Gasteiger partial charge in [-0.05, 0) is 24.3 Å². The zero-order valence-corrected chi connectivity index (χ0v) is 21.6. The number of fused-ring (bicyclic) bond motifs is 2. The van der Waals surface area contributed by atoms with Crippen LogP contribution in [0, 0.1) is 30.6 Å². The summed E-state index contributed by atoms with van der Waals surface area (Å²) in [7, 11) is 0. The van der Waals surface area contributed by atoms with Gasteiger partial charge >= 0.3 is 19.5 Å². The summed E-state index contributed by atoms with van der Waals surface area (Å²) in [6.45, 7) is 4.07. The van der Waals surface area contributed by atoms with Crippen molar-refractivity contribution in [2.24, 2.45) is 0 Å². The molecule has 0 saturated carbocycles. The summed E-state index contributed by atoms with van der Waals surface area (Å²) in [6.07, 6.45) is 3.72. The average molecular weight is 540 g/mol. The minimum Gasteiger partial charge on any atom is -0.377 e. The SMILES string of the molecule is O=[N+]([O-])[O-].O=[N+]([O-])[O-].[Zn+2].c1ccc2c(c1)ncn2CCOCCOCCn1cnc2ccccc21. The Bertz CT molecular complexity index is 1080. The minimum absolute atomic E-state index is 0. The van der Waals surface area contributed by atoms with Crippen LogP contribution in [0.1, 0.15) is 0 Å². The molecule has 0 aliphatic rings. The quantitative estimate of drug-likeness (QED) is 0.132. The van der Waals surface area contributed by atoms with Gasteiger partial charge in [0, 0.05) is 13.1 Å². The molecule has 14 nitrogen and oxygen atoms in total. The van der Waals surface area contributed by atoms with Gasteiger partial charge in [-0.3, -0.25) is 0 Å². The van der Waals surface area contributed by atoms with Gasteiger partial charge in [-0.15, -0.1) is 0 Å². The Labute approximate surface area is 211 Å². The standard InChI is InChI=1S/C20H22N4O2.2NO3.Zn/c1-3-7-19-17(5-1)21-15-23(19)9-11-25-13-14-26-12-10-24-16-22-18-6-2-4-8-20(18)24;2*2-1(3)4;/h1-8,15-16H,9-14H2;;;/q;2*-1;+2. The number of para-hydroxylation sites is 4. The van der Waals surface area contributed by atoms with Crippen molar-refractivity contribution in [1.29, 1.82) is 0 Å². The molecule has 0 radical (unpaired) electrons. The number of imidazole rings is 2. The molecule has 0 aliphatic carbocycles. The Morgan fingerprint density at radius 3 is 1.37 bits per heavy atom. The van der Waals surface area contributed by atoms with Gasteiger partial charge < -0.3 is 49.3 Å². The van der Waals surface area contributed by atoms with Gasteiger partial charge in [-0.2, -0.15) is 0 Å². The fraction of sp³-hybridized carbons (Fsp3) is 0.300. The second-order valence-electron chi connectivity index (χ2n) is 6.53. The van der Waals surface area contributed by atoms with E-state index in [-0.39, 0.29) is 19.5 Å². The molecule has 2 heterocycles. The topological polar surface area (TPSA) is 186 Å². The van der Waals surface area contributed by atoms with Crippen LogP contribution in [0.5, 0.6) is 0 Å². The van der Waals surface area contributed by atoms with Crippen LogP contribution in [-0.4, -0.2) is 55.7 Å². The molecule has 0 saturated heterocycles. The van der Waals surface area contributed by atoms with E-state index < -0.39 is 10.2 Å². The van der Waals surface area contributed by atoms with Crippen molar-refractivity contribution in [3.8, 4) is 0 Å². The van der Waals surface area contributed by atoms with E-state index in [9.17, 15) is 0 Å². The van der Waals surface area contributed by atoms with Crippen LogP contribution in [0.25, 0.3) is 22.1 Å². The monoisotopic (exact) mass is 538 g/mol. The van der Waals surface area contributed by atoms with Crippen LogP contribution in [0.3, 0.4) is 0 Å². The van der Waals surface area contributed by atoms with E-state index in [4.69, 9.17) is 40.1 Å². The Hall–Kier alpha value is -3.68. The molecule has 0 bridgehead atoms. The second-order valence-corrected chi connectivity index (χ2v) is 6.53. The van der Waals surface area contributed by atoms with E-state index in [1.54, 1.807) is 0 Å². The Kier molecular flexibility index (Phi) is 13.4. The summed E-state index contributed by atoms with van der Waals surface area (Å²) in [5.74, 6) is 0. The molecular weight excluding hydrogens is 518 g/mol. The molecule has 4 aromatic rings. The first-order valence-electron chi connectivity index (χ1n) is 9.96. The van der Waals surface area contributed by atoms with Crippen molar-refractivity contribution in [2.45, 2.75) is 13.1 Å². The summed E-state index contributed by atoms with van der Waals surface area (Å²) in [5.41, 5.74) is 4.31. The number of rotatable bonds is 9. The largest absolute Gasteiger partial charge is 2.00 e. The zero-order valence-electron chi connectivity index (χ0n) is 18.7. The number of hydrogen-bond donors (Lipinski definition) is 0. The molecule has 2 aromatic carbocycles. The molecule has 0 unspecified atom stereocenters. The molecular formula is C20H22N6O8Zn. The van der Waals surface area contributed by atoms with E-state index in [1.165, 1.54) is 0 Å². The van der Waals surface area contributed by atoms with Gasteiger partial charge in [0.25, 0.3) is 0 Å². The van der Waals surface area contributed by atoms with E-state index in [0.29, 0.717) is 26.4 Å². The molecule has 35 heavy (non-hydrogen) atoms. The second kappa shape index (κ2) is 16.0. The molecule has 0 aliphatic heterocycles. The van der Waals surface area contributed by atoms with E-state index in [0.717, 1.165) is 35.2 Å². The molecule has 2 aromatic heterocycles. The molecule has 0 N–H and O–H groups in total. The third-order valence-electron chi connectivity index (χ3n) is 4.38. The maximum Gasteiger partial charge on any atom is 2.00 e. The third-order valence-corrected chi connectivity index (χ3v) is 4.38. The summed E-state index contributed by atoms with van der Waals surface area (Å²) in [5, 5.41) is 29.5. The van der Waals surface area contributed by atoms with Gasteiger partial charge in [0.15, 0.2) is 0 Å². The summed E-state index contributed by atoms with van der Waals surface area (Å²) in [4.78, 5) is 25.3. The normalized spacial score (nSPS) is 9.94. The van der Waals surface area contributed by atoms with Crippen molar-refractivity contribution < 1.29 is 39.1 Å². The maximum absolute atomic E-state index is 8.25. The van der Waals surface area contributed by atoms with Crippen LogP contribution in [0.15, 0.2) is 61.2 Å². The molecule has 0 spiro atoms. The predicted molar refractivity (Wildman–Crippen MR) is 122 cm³/mol. The Balaban J connectivity index is 0.000000598. The van der Waals surface area contributed by atoms with Crippen LogP contribution in [0.4, 0.5) is 0 Å². The first-order valence-corrected chi connectivity index (χ1v) is 9.96. The first kappa shape index (κ1) is 29.4. The van der Waals surface area contributed by atoms with Gasteiger partial charge in [-0.25, -0.2) is 9.97 Å². The van der Waals surface area contributed by atoms with Gasteiger partial charge in [0.2, 0.25) is 0 Å². The molecule has 0 atom stereocenters. The van der Waals surface area contributed by atoms with Gasteiger partial charge in [0.05, 0.1) is 71.3 Å². The van der Waals surface area contributed by atoms with E-state index in [2.05, 4.69) is 31.2 Å². The summed E-state index contributed by atoms with van der Waals surface area (Å²) in [6, 6.07) is 16.2. The number of ether oxygens (including phenoxy) is 2. The smallest absolute Gasteiger partial charge is 0.377 e. The zero-order chi connectivity index (χ0) is 24.8. The van der Waals surface area contributed by atoms with Crippen LogP contribution < -0.4 is 0 Å². The summed E-state index contributed by atoms with van der Waals surface area (Å²) >= 11 is 0. The van der Waals surface area contributed by atoms with Crippen molar-refractivity contribution >= 4 is 22.1 Å². The van der Waals surface area contributed by atoms with E-state index >= 15 is 0 Å². The molecule has 0 fully saturated rings. The number of nitrogens with zero attached hydrogens (tertiary/aromatic N) is 6. The Morgan fingerprint density at radius 1 is 0.657 bits per heavy atom. The predicted octanol–water partition coefficient (Wildman–Crippen LogP) is 2.64. The van der Waals surface area contributed by atoms with Crippen LogP contribution in [-0.2, 0) is 42.0 Å². The van der Waals surface area contributed by atoms with Crippen molar-refractivity contribution in [2.75, 3.05) is 26.4 Å². The first-order chi connectivity index (χ1) is 16.4. The van der Waals surface area contributed by atoms with Crippen molar-refractivity contribution in [3.63, 3.8) is 0 Å². The molecule has 4 rings (SSSR count). The van der Waals surface area contributed by atoms with Crippen LogP contribution in [0.2, 0.25) is 0 Å². The third kappa shape index (κ3) is 10.9. The number of aromatic nitrogens is 4. The minimum atomic E-state index is -1.75. The van der Waals surface area contributed by atoms with Crippen molar-refractivity contribution in [1.82, 2.24) is 19.1 Å². The Morgan fingerprint density at radius 2 is 1.00 bits per heavy atom. The number of hydrogen-bond acceptors (Lipinski definition) is 10. The van der Waals surface area contributed by atoms with Crippen LogP contribution >= 0.6 is 0 Å². The fourth-order valence-corrected chi connectivity index (χ4v) is 3.02. The molecule has 15 heteroatoms. The van der Waals surface area contributed by atoms with E-state index in [1.807, 2.05) is 49.1 Å². The van der Waals surface area contributed by atoms with Gasteiger partial charge in [0.1, 0.15) is 0 Å².